The molecule has 0 N–H and O–H groups in total. The fourth-order valence-corrected chi connectivity index (χ4v) is 2.12. The Morgan fingerprint density at radius 2 is 1.94 bits per heavy atom. The Hall–Kier alpha value is -1.57. The summed E-state index contributed by atoms with van der Waals surface area (Å²) in [6.45, 7) is 6.63. The van der Waals surface area contributed by atoms with E-state index in [0.717, 1.165) is 5.69 Å². The van der Waals surface area contributed by atoms with Gasteiger partial charge in [0.25, 0.3) is 0 Å². The standard InChI is InChI=1S/C14H18N2/c1-10(2)12-6-5-7-13(11(12)3)14-8-9-16(4)15-14/h5-10H,1-4H3. The van der Waals surface area contributed by atoms with Crippen molar-refractivity contribution in [1.82, 2.24) is 9.78 Å². The lowest BCUT2D eigenvalue weighted by Crippen LogP contribution is -1.95. The lowest BCUT2D eigenvalue weighted by molar-refractivity contribution is 0.770. The Morgan fingerprint density at radius 3 is 2.50 bits per heavy atom. The van der Waals surface area contributed by atoms with Gasteiger partial charge >= 0.3 is 0 Å². The minimum absolute atomic E-state index is 0.559. The summed E-state index contributed by atoms with van der Waals surface area (Å²) >= 11 is 0. The van der Waals surface area contributed by atoms with Gasteiger partial charge in [0.15, 0.2) is 0 Å². The van der Waals surface area contributed by atoms with E-state index in [1.54, 1.807) is 0 Å². The van der Waals surface area contributed by atoms with Crippen molar-refractivity contribution >= 4 is 0 Å². The van der Waals surface area contributed by atoms with Crippen molar-refractivity contribution < 1.29 is 0 Å². The van der Waals surface area contributed by atoms with Crippen molar-refractivity contribution in [3.8, 4) is 11.3 Å². The summed E-state index contributed by atoms with van der Waals surface area (Å²) in [6.07, 6.45) is 1.98. The third-order valence-electron chi connectivity index (χ3n) is 2.99. The molecule has 0 amide bonds. The van der Waals surface area contributed by atoms with Crippen molar-refractivity contribution in [2.45, 2.75) is 26.7 Å². The molecule has 0 aliphatic rings. The molecule has 16 heavy (non-hydrogen) atoms. The normalized spacial score (nSPS) is 11.1. The quantitative estimate of drug-likeness (QED) is 0.748. The molecule has 1 aromatic carbocycles. The maximum Gasteiger partial charge on any atom is 0.0925 e. The maximum atomic E-state index is 4.46. The van der Waals surface area contributed by atoms with Gasteiger partial charge in [0.2, 0.25) is 0 Å². The lowest BCUT2D eigenvalue weighted by Gasteiger charge is -2.12. The first-order valence-electron chi connectivity index (χ1n) is 5.69. The van der Waals surface area contributed by atoms with E-state index in [-0.39, 0.29) is 0 Å². The Bertz CT molecular complexity index is 495. The molecule has 0 aliphatic heterocycles. The second-order valence-electron chi connectivity index (χ2n) is 4.55. The van der Waals surface area contributed by atoms with Crippen LogP contribution in [0, 0.1) is 6.92 Å². The number of hydrogen-bond acceptors (Lipinski definition) is 1. The summed E-state index contributed by atoms with van der Waals surface area (Å²) in [5.74, 6) is 0.559. The largest absolute Gasteiger partial charge is 0.275 e. The smallest absolute Gasteiger partial charge is 0.0925 e. The van der Waals surface area contributed by atoms with Crippen LogP contribution in [0.15, 0.2) is 30.5 Å². The zero-order chi connectivity index (χ0) is 11.7. The van der Waals surface area contributed by atoms with Crippen LogP contribution in [0.3, 0.4) is 0 Å². The molecule has 0 spiro atoms. The molecule has 84 valence electrons. The lowest BCUT2D eigenvalue weighted by atomic mass is 9.93. The number of benzene rings is 1. The summed E-state index contributed by atoms with van der Waals surface area (Å²) in [6, 6.07) is 8.52. The molecular weight excluding hydrogens is 196 g/mol. The summed E-state index contributed by atoms with van der Waals surface area (Å²) in [5.41, 5.74) is 5.05. The van der Waals surface area contributed by atoms with Crippen molar-refractivity contribution in [2.75, 3.05) is 0 Å². The molecule has 0 unspecified atom stereocenters. The zero-order valence-corrected chi connectivity index (χ0v) is 10.4. The molecule has 0 radical (unpaired) electrons. The van der Waals surface area contributed by atoms with E-state index in [4.69, 9.17) is 0 Å². The number of rotatable bonds is 2. The first kappa shape index (κ1) is 10.9. The minimum Gasteiger partial charge on any atom is -0.275 e. The van der Waals surface area contributed by atoms with E-state index < -0.39 is 0 Å². The molecule has 0 bridgehead atoms. The van der Waals surface area contributed by atoms with Gasteiger partial charge in [-0.2, -0.15) is 5.10 Å². The van der Waals surface area contributed by atoms with Gasteiger partial charge in [-0.15, -0.1) is 0 Å². The van der Waals surface area contributed by atoms with E-state index in [1.165, 1.54) is 16.7 Å². The van der Waals surface area contributed by atoms with Gasteiger partial charge in [-0.25, -0.2) is 0 Å². The number of aromatic nitrogens is 2. The van der Waals surface area contributed by atoms with Crippen LogP contribution in [0.25, 0.3) is 11.3 Å². The molecule has 1 aromatic heterocycles. The second-order valence-corrected chi connectivity index (χ2v) is 4.55. The van der Waals surface area contributed by atoms with Crippen LogP contribution >= 0.6 is 0 Å². The van der Waals surface area contributed by atoms with Crippen molar-refractivity contribution in [2.24, 2.45) is 7.05 Å². The first-order valence-corrected chi connectivity index (χ1v) is 5.69. The van der Waals surface area contributed by atoms with Crippen molar-refractivity contribution in [1.29, 1.82) is 0 Å². The summed E-state index contributed by atoms with van der Waals surface area (Å²) < 4.78 is 1.84. The molecule has 0 fully saturated rings. The highest BCUT2D eigenvalue weighted by molar-refractivity contribution is 5.65. The molecule has 0 saturated heterocycles. The second kappa shape index (κ2) is 4.12. The van der Waals surface area contributed by atoms with Gasteiger partial charge in [-0.05, 0) is 30.0 Å². The fourth-order valence-electron chi connectivity index (χ4n) is 2.12. The average Bonchev–Trinajstić information content (AvgIpc) is 2.64. The number of hydrogen-bond donors (Lipinski definition) is 0. The molecule has 2 rings (SSSR count). The third-order valence-corrected chi connectivity index (χ3v) is 2.99. The SMILES string of the molecule is Cc1c(-c2ccn(C)n2)cccc1C(C)C. The van der Waals surface area contributed by atoms with E-state index in [1.807, 2.05) is 17.9 Å². The Labute approximate surface area is 96.9 Å². The Balaban J connectivity index is 2.54. The van der Waals surface area contributed by atoms with E-state index in [9.17, 15) is 0 Å². The molecular formula is C14H18N2. The van der Waals surface area contributed by atoms with Gasteiger partial charge in [0, 0.05) is 18.8 Å². The average molecular weight is 214 g/mol. The van der Waals surface area contributed by atoms with Crippen LogP contribution in [-0.2, 0) is 7.05 Å². The monoisotopic (exact) mass is 214 g/mol. The number of aryl methyl sites for hydroxylation is 1. The third kappa shape index (κ3) is 1.87. The van der Waals surface area contributed by atoms with Crippen LogP contribution in [-0.4, -0.2) is 9.78 Å². The van der Waals surface area contributed by atoms with Gasteiger partial charge in [0.05, 0.1) is 5.69 Å². The topological polar surface area (TPSA) is 17.8 Å². The molecule has 0 saturated carbocycles. The maximum absolute atomic E-state index is 4.46. The van der Waals surface area contributed by atoms with Crippen LogP contribution in [0.5, 0.6) is 0 Å². The van der Waals surface area contributed by atoms with Crippen LogP contribution < -0.4 is 0 Å². The van der Waals surface area contributed by atoms with Crippen molar-refractivity contribution in [3.63, 3.8) is 0 Å². The van der Waals surface area contributed by atoms with Crippen LogP contribution in [0.1, 0.15) is 30.9 Å². The van der Waals surface area contributed by atoms with Gasteiger partial charge in [-0.1, -0.05) is 32.0 Å². The highest BCUT2D eigenvalue weighted by Crippen LogP contribution is 2.28. The van der Waals surface area contributed by atoms with E-state index in [0.29, 0.717) is 5.92 Å². The Kier molecular flexibility index (Phi) is 2.82. The highest BCUT2D eigenvalue weighted by Gasteiger charge is 2.10. The molecule has 2 heteroatoms. The minimum atomic E-state index is 0.559. The van der Waals surface area contributed by atoms with Crippen molar-refractivity contribution in [3.05, 3.63) is 41.6 Å². The van der Waals surface area contributed by atoms with Gasteiger partial charge in [-0.3, -0.25) is 4.68 Å². The molecule has 2 aromatic rings. The molecule has 0 aliphatic carbocycles. The number of nitrogens with zero attached hydrogens (tertiary/aromatic N) is 2. The zero-order valence-electron chi connectivity index (χ0n) is 10.4. The fraction of sp³-hybridized carbons (Fsp3) is 0.357. The summed E-state index contributed by atoms with van der Waals surface area (Å²) in [4.78, 5) is 0. The summed E-state index contributed by atoms with van der Waals surface area (Å²) in [5, 5.41) is 4.46. The van der Waals surface area contributed by atoms with E-state index in [2.05, 4.69) is 50.1 Å². The van der Waals surface area contributed by atoms with E-state index >= 15 is 0 Å². The van der Waals surface area contributed by atoms with Gasteiger partial charge in [0.1, 0.15) is 0 Å². The molecule has 2 nitrogen and oxygen atoms in total. The van der Waals surface area contributed by atoms with Crippen LogP contribution in [0.2, 0.25) is 0 Å². The predicted octanol–water partition coefficient (Wildman–Crippen LogP) is 3.52. The molecule has 0 atom stereocenters. The highest BCUT2D eigenvalue weighted by atomic mass is 15.2. The first-order chi connectivity index (χ1) is 7.59. The Morgan fingerprint density at radius 1 is 1.19 bits per heavy atom. The predicted molar refractivity (Wildman–Crippen MR) is 67.5 cm³/mol. The summed E-state index contributed by atoms with van der Waals surface area (Å²) in [7, 11) is 1.95. The van der Waals surface area contributed by atoms with Crippen LogP contribution in [0.4, 0.5) is 0 Å². The van der Waals surface area contributed by atoms with Gasteiger partial charge < -0.3 is 0 Å². The molecule has 1 heterocycles.